The van der Waals surface area contributed by atoms with Crippen molar-refractivity contribution >= 4 is 34.1 Å². The molecule has 0 N–H and O–H groups in total. The number of nitro groups is 1. The second-order valence-electron chi connectivity index (χ2n) is 8.46. The van der Waals surface area contributed by atoms with E-state index in [9.17, 15) is 10.1 Å². The molecule has 0 aliphatic rings. The van der Waals surface area contributed by atoms with E-state index in [1.54, 1.807) is 12.1 Å². The highest BCUT2D eigenvalue weighted by molar-refractivity contribution is 7.99. The van der Waals surface area contributed by atoms with Gasteiger partial charge in [0.1, 0.15) is 23.4 Å². The Balaban J connectivity index is 1.34. The maximum atomic E-state index is 11.5. The highest BCUT2D eigenvalue weighted by Crippen LogP contribution is 2.36. The average molecular weight is 531 g/mol. The Morgan fingerprint density at radius 1 is 0.973 bits per heavy atom. The van der Waals surface area contributed by atoms with E-state index in [0.717, 1.165) is 22.2 Å². The third kappa shape index (κ3) is 5.76. The van der Waals surface area contributed by atoms with E-state index >= 15 is 0 Å². The Kier molecular flexibility index (Phi) is 7.39. The molecule has 1 aromatic heterocycles. The molecular formula is C28H23ClN4O3S. The number of ether oxygens (including phenoxy) is 1. The minimum absolute atomic E-state index is 0.257. The van der Waals surface area contributed by atoms with Crippen LogP contribution in [0, 0.1) is 17.0 Å². The molecule has 0 spiro atoms. The van der Waals surface area contributed by atoms with E-state index in [0.29, 0.717) is 28.4 Å². The summed E-state index contributed by atoms with van der Waals surface area (Å²) >= 11 is 7.35. The Hall–Kier alpha value is -3.88. The number of nitrogens with zero attached hydrogens (tertiary/aromatic N) is 4. The summed E-state index contributed by atoms with van der Waals surface area (Å²) in [6.07, 6.45) is 0. The van der Waals surface area contributed by atoms with Crippen molar-refractivity contribution in [1.82, 2.24) is 14.8 Å². The van der Waals surface area contributed by atoms with Crippen molar-refractivity contribution in [1.29, 1.82) is 0 Å². The van der Waals surface area contributed by atoms with Crippen LogP contribution in [-0.2, 0) is 6.61 Å². The first-order valence-electron chi connectivity index (χ1n) is 11.6. The van der Waals surface area contributed by atoms with Crippen LogP contribution in [0.2, 0.25) is 5.02 Å². The van der Waals surface area contributed by atoms with Gasteiger partial charge in [0.25, 0.3) is 0 Å². The standard InChI is InChI=1S/C28H23ClN4O3S/c1-19-30-31-28(33(19)24-13-11-23(29)12-14-24)37-27(17-32(34)35)21-9-15-25(16-10-21)36-18-22-7-4-6-20-5-2-3-8-26(20)22/h2-16,27H,17-18H2,1H3/t27-/m1/s1. The van der Waals surface area contributed by atoms with Gasteiger partial charge < -0.3 is 4.74 Å². The van der Waals surface area contributed by atoms with E-state index in [1.807, 2.05) is 66.1 Å². The summed E-state index contributed by atoms with van der Waals surface area (Å²) in [5, 5.41) is 23.1. The zero-order valence-electron chi connectivity index (χ0n) is 20.0. The van der Waals surface area contributed by atoms with Crippen molar-refractivity contribution in [2.24, 2.45) is 0 Å². The van der Waals surface area contributed by atoms with E-state index in [-0.39, 0.29) is 11.5 Å². The van der Waals surface area contributed by atoms with E-state index in [1.165, 1.54) is 17.1 Å². The fourth-order valence-corrected chi connectivity index (χ4v) is 5.44. The van der Waals surface area contributed by atoms with Crippen LogP contribution in [-0.4, -0.2) is 26.2 Å². The molecule has 37 heavy (non-hydrogen) atoms. The summed E-state index contributed by atoms with van der Waals surface area (Å²) in [5.41, 5.74) is 2.75. The lowest BCUT2D eigenvalue weighted by molar-refractivity contribution is -0.479. The molecule has 5 rings (SSSR count). The molecule has 0 unspecified atom stereocenters. The van der Waals surface area contributed by atoms with Crippen LogP contribution in [0.25, 0.3) is 16.5 Å². The van der Waals surface area contributed by atoms with Crippen molar-refractivity contribution in [2.75, 3.05) is 6.54 Å². The highest BCUT2D eigenvalue weighted by atomic mass is 35.5. The Labute approximate surface area is 223 Å². The summed E-state index contributed by atoms with van der Waals surface area (Å²) in [4.78, 5) is 11.2. The molecule has 4 aromatic carbocycles. The van der Waals surface area contributed by atoms with Gasteiger partial charge in [-0.15, -0.1) is 10.2 Å². The Morgan fingerprint density at radius 2 is 1.70 bits per heavy atom. The van der Waals surface area contributed by atoms with Crippen molar-refractivity contribution < 1.29 is 9.66 Å². The number of thioether (sulfide) groups is 1. The largest absolute Gasteiger partial charge is 0.489 e. The number of aromatic nitrogens is 3. The number of hydrogen-bond donors (Lipinski definition) is 0. The van der Waals surface area contributed by atoms with Crippen LogP contribution in [0.1, 0.15) is 22.2 Å². The van der Waals surface area contributed by atoms with Crippen molar-refractivity contribution in [3.63, 3.8) is 0 Å². The summed E-state index contributed by atoms with van der Waals surface area (Å²) in [5.74, 6) is 1.38. The third-order valence-electron chi connectivity index (χ3n) is 5.97. The molecule has 5 aromatic rings. The second-order valence-corrected chi connectivity index (χ2v) is 10.1. The zero-order chi connectivity index (χ0) is 25.8. The number of hydrogen-bond acceptors (Lipinski definition) is 6. The number of benzene rings is 4. The van der Waals surface area contributed by atoms with E-state index < -0.39 is 5.25 Å². The lowest BCUT2D eigenvalue weighted by Gasteiger charge is -2.15. The van der Waals surface area contributed by atoms with Crippen molar-refractivity contribution in [3.8, 4) is 11.4 Å². The number of halogens is 1. The minimum Gasteiger partial charge on any atom is -0.489 e. The molecule has 9 heteroatoms. The molecule has 186 valence electrons. The van der Waals surface area contributed by atoms with Crippen LogP contribution < -0.4 is 4.74 Å². The minimum atomic E-state index is -0.461. The van der Waals surface area contributed by atoms with Crippen molar-refractivity contribution in [2.45, 2.75) is 23.9 Å². The highest BCUT2D eigenvalue weighted by Gasteiger charge is 2.24. The molecule has 1 atom stereocenters. The van der Waals surface area contributed by atoms with Gasteiger partial charge in [-0.2, -0.15) is 0 Å². The van der Waals surface area contributed by atoms with E-state index in [4.69, 9.17) is 16.3 Å². The fourth-order valence-electron chi connectivity index (χ4n) is 4.14. The Morgan fingerprint density at radius 3 is 2.46 bits per heavy atom. The molecule has 0 fully saturated rings. The maximum Gasteiger partial charge on any atom is 0.220 e. The summed E-state index contributed by atoms with van der Waals surface area (Å²) < 4.78 is 7.92. The van der Waals surface area contributed by atoms with Crippen LogP contribution in [0.5, 0.6) is 5.75 Å². The van der Waals surface area contributed by atoms with Crippen LogP contribution in [0.15, 0.2) is 96.2 Å². The molecule has 0 bridgehead atoms. The monoisotopic (exact) mass is 530 g/mol. The number of rotatable bonds is 9. The summed E-state index contributed by atoms with van der Waals surface area (Å²) in [6.45, 7) is 2.01. The second kappa shape index (κ2) is 11.0. The van der Waals surface area contributed by atoms with Crippen LogP contribution in [0.3, 0.4) is 0 Å². The van der Waals surface area contributed by atoms with E-state index in [2.05, 4.69) is 34.5 Å². The molecule has 0 saturated carbocycles. The molecule has 0 aliphatic carbocycles. The van der Waals surface area contributed by atoms with Gasteiger partial charge in [0, 0.05) is 15.6 Å². The third-order valence-corrected chi connectivity index (χ3v) is 7.40. The molecule has 0 radical (unpaired) electrons. The van der Waals surface area contributed by atoms with Crippen LogP contribution in [0.4, 0.5) is 0 Å². The van der Waals surface area contributed by atoms with Gasteiger partial charge in [0.2, 0.25) is 6.54 Å². The first kappa shape index (κ1) is 24.8. The quantitative estimate of drug-likeness (QED) is 0.115. The first-order chi connectivity index (χ1) is 18.0. The summed E-state index contributed by atoms with van der Waals surface area (Å²) in [6, 6.07) is 29.1. The SMILES string of the molecule is Cc1nnc(S[C@H](C[N+](=O)[O-])c2ccc(OCc3cccc4ccccc34)cc2)n1-c1ccc(Cl)cc1. The lowest BCUT2D eigenvalue weighted by atomic mass is 10.1. The zero-order valence-corrected chi connectivity index (χ0v) is 21.5. The molecule has 0 amide bonds. The van der Waals surface area contributed by atoms with Gasteiger partial charge in [-0.1, -0.05) is 78.0 Å². The summed E-state index contributed by atoms with van der Waals surface area (Å²) in [7, 11) is 0. The topological polar surface area (TPSA) is 83.1 Å². The Bertz CT molecular complexity index is 1530. The number of fused-ring (bicyclic) bond motifs is 1. The average Bonchev–Trinajstić information content (AvgIpc) is 3.27. The van der Waals surface area contributed by atoms with Gasteiger partial charge in [-0.05, 0) is 65.2 Å². The van der Waals surface area contributed by atoms with Gasteiger partial charge in [-0.3, -0.25) is 14.7 Å². The molecule has 0 saturated heterocycles. The smallest absolute Gasteiger partial charge is 0.220 e. The molecule has 7 nitrogen and oxygen atoms in total. The van der Waals surface area contributed by atoms with Gasteiger partial charge in [0.05, 0.1) is 0 Å². The number of aryl methyl sites for hydroxylation is 1. The van der Waals surface area contributed by atoms with Crippen LogP contribution >= 0.6 is 23.4 Å². The molecule has 1 heterocycles. The lowest BCUT2D eigenvalue weighted by Crippen LogP contribution is -2.11. The normalized spacial score (nSPS) is 11.9. The predicted molar refractivity (Wildman–Crippen MR) is 146 cm³/mol. The molecule has 0 aliphatic heterocycles. The molecular weight excluding hydrogens is 508 g/mol. The predicted octanol–water partition coefficient (Wildman–Crippen LogP) is 7.07. The maximum absolute atomic E-state index is 11.5. The first-order valence-corrected chi connectivity index (χ1v) is 12.9. The van der Waals surface area contributed by atoms with Gasteiger partial charge in [0.15, 0.2) is 5.16 Å². The fraction of sp³-hybridized carbons (Fsp3) is 0.143. The van der Waals surface area contributed by atoms with Gasteiger partial charge >= 0.3 is 0 Å². The van der Waals surface area contributed by atoms with Gasteiger partial charge in [-0.25, -0.2) is 0 Å². The van der Waals surface area contributed by atoms with Crippen molar-refractivity contribution in [3.05, 3.63) is 123 Å².